The first-order chi connectivity index (χ1) is 9.83. The second-order valence-corrected chi connectivity index (χ2v) is 6.79. The molecule has 0 bridgehead atoms. The lowest BCUT2D eigenvalue weighted by atomic mass is 9.92. The second-order valence-electron chi connectivity index (χ2n) is 5.74. The quantitative estimate of drug-likeness (QED) is 0.867. The molecule has 0 saturated carbocycles. The Bertz CT molecular complexity index is 437. The van der Waals surface area contributed by atoms with E-state index in [9.17, 15) is 4.79 Å². The molecule has 2 atom stereocenters. The van der Waals surface area contributed by atoms with Gasteiger partial charge in [-0.15, -0.1) is 11.8 Å². The highest BCUT2D eigenvalue weighted by atomic mass is 32.2. The van der Waals surface area contributed by atoms with Crippen molar-refractivity contribution in [2.24, 2.45) is 11.8 Å². The maximum Gasteiger partial charge on any atom is 0.232 e. The van der Waals surface area contributed by atoms with E-state index < -0.39 is 0 Å². The Morgan fingerprint density at radius 2 is 1.80 bits per heavy atom. The van der Waals surface area contributed by atoms with Crippen molar-refractivity contribution in [3.8, 4) is 0 Å². The van der Waals surface area contributed by atoms with Crippen LogP contribution < -0.4 is 5.32 Å². The lowest BCUT2D eigenvalue weighted by Gasteiger charge is -2.20. The zero-order chi connectivity index (χ0) is 13.8. The highest BCUT2D eigenvalue weighted by molar-refractivity contribution is 8.00. The molecule has 1 aromatic rings. The van der Waals surface area contributed by atoms with Crippen LogP contribution in [0.2, 0.25) is 0 Å². The molecule has 1 N–H and O–H groups in total. The standard InChI is InChI=1S/C16H22N2OS/c19-16(12-20-15-4-2-1-3-5-15)18-8-6-13-10-17-11-14(13)7-9-18/h1-5,13-14,17H,6-12H2/t13-,14+. The van der Waals surface area contributed by atoms with Crippen LogP contribution in [-0.2, 0) is 4.79 Å². The molecule has 0 unspecified atom stereocenters. The van der Waals surface area contributed by atoms with Crippen LogP contribution in [0.25, 0.3) is 0 Å². The predicted molar refractivity (Wildman–Crippen MR) is 82.8 cm³/mol. The van der Waals surface area contributed by atoms with Crippen LogP contribution in [0.3, 0.4) is 0 Å². The number of hydrogen-bond donors (Lipinski definition) is 1. The molecule has 4 heteroatoms. The number of hydrogen-bond acceptors (Lipinski definition) is 3. The van der Waals surface area contributed by atoms with Gasteiger partial charge < -0.3 is 10.2 Å². The number of likely N-dealkylation sites (tertiary alicyclic amines) is 1. The van der Waals surface area contributed by atoms with Gasteiger partial charge in [-0.3, -0.25) is 4.79 Å². The van der Waals surface area contributed by atoms with Gasteiger partial charge in [-0.25, -0.2) is 0 Å². The third-order valence-corrected chi connectivity index (χ3v) is 5.47. The number of benzene rings is 1. The van der Waals surface area contributed by atoms with E-state index in [2.05, 4.69) is 22.3 Å². The summed E-state index contributed by atoms with van der Waals surface area (Å²) in [4.78, 5) is 15.6. The van der Waals surface area contributed by atoms with Crippen molar-refractivity contribution in [3.05, 3.63) is 30.3 Å². The SMILES string of the molecule is O=C(CSc1ccccc1)N1CC[C@@H]2CNC[C@@H]2CC1. The van der Waals surface area contributed by atoms with Crippen LogP contribution in [0.15, 0.2) is 35.2 Å². The van der Waals surface area contributed by atoms with E-state index in [-0.39, 0.29) is 0 Å². The summed E-state index contributed by atoms with van der Waals surface area (Å²) in [6.45, 7) is 4.17. The molecule has 2 aliphatic rings. The number of thioether (sulfide) groups is 1. The highest BCUT2D eigenvalue weighted by Gasteiger charge is 2.31. The van der Waals surface area contributed by atoms with Gasteiger partial charge in [0.25, 0.3) is 0 Å². The van der Waals surface area contributed by atoms with Crippen molar-refractivity contribution in [3.63, 3.8) is 0 Å². The van der Waals surface area contributed by atoms with Crippen LogP contribution in [0.5, 0.6) is 0 Å². The lowest BCUT2D eigenvalue weighted by molar-refractivity contribution is -0.128. The highest BCUT2D eigenvalue weighted by Crippen LogP contribution is 2.27. The molecule has 0 radical (unpaired) electrons. The van der Waals surface area contributed by atoms with Crippen LogP contribution in [-0.4, -0.2) is 42.7 Å². The van der Waals surface area contributed by atoms with E-state index in [1.165, 1.54) is 17.7 Å². The first-order valence-electron chi connectivity index (χ1n) is 7.49. The topological polar surface area (TPSA) is 32.3 Å². The van der Waals surface area contributed by atoms with Gasteiger partial charge in [0.1, 0.15) is 0 Å². The third-order valence-electron chi connectivity index (χ3n) is 4.48. The Kier molecular flexibility index (Phi) is 4.63. The molecule has 2 heterocycles. The predicted octanol–water partition coefficient (Wildman–Crippen LogP) is 2.24. The zero-order valence-corrected chi connectivity index (χ0v) is 12.6. The van der Waals surface area contributed by atoms with E-state index in [0.717, 1.165) is 38.0 Å². The molecule has 2 aliphatic heterocycles. The summed E-state index contributed by atoms with van der Waals surface area (Å²) < 4.78 is 0. The number of carbonyl (C=O) groups excluding carboxylic acids is 1. The number of nitrogens with zero attached hydrogens (tertiary/aromatic N) is 1. The lowest BCUT2D eigenvalue weighted by Crippen LogP contribution is -2.34. The molecule has 0 aliphatic carbocycles. The Morgan fingerprint density at radius 1 is 1.15 bits per heavy atom. The van der Waals surface area contributed by atoms with Crippen LogP contribution in [0.1, 0.15) is 12.8 Å². The number of fused-ring (bicyclic) bond motifs is 1. The van der Waals surface area contributed by atoms with Gasteiger partial charge in [0.15, 0.2) is 0 Å². The fourth-order valence-electron chi connectivity index (χ4n) is 3.22. The minimum absolute atomic E-state index is 0.298. The second kappa shape index (κ2) is 6.64. The molecule has 3 nitrogen and oxygen atoms in total. The Hall–Kier alpha value is -1.00. The number of nitrogens with one attached hydrogen (secondary N) is 1. The van der Waals surface area contributed by atoms with E-state index in [4.69, 9.17) is 0 Å². The summed E-state index contributed by atoms with van der Waals surface area (Å²) in [7, 11) is 0. The molecule has 20 heavy (non-hydrogen) atoms. The summed E-state index contributed by atoms with van der Waals surface area (Å²) in [6, 6.07) is 10.2. The van der Waals surface area contributed by atoms with Gasteiger partial charge in [0, 0.05) is 18.0 Å². The van der Waals surface area contributed by atoms with Crippen LogP contribution in [0, 0.1) is 11.8 Å². The van der Waals surface area contributed by atoms with E-state index in [1.54, 1.807) is 11.8 Å². The summed E-state index contributed by atoms with van der Waals surface area (Å²) in [5.74, 6) is 2.44. The van der Waals surface area contributed by atoms with Crippen molar-refractivity contribution in [1.29, 1.82) is 0 Å². The van der Waals surface area contributed by atoms with Gasteiger partial charge in [0.2, 0.25) is 5.91 Å². The Morgan fingerprint density at radius 3 is 2.45 bits per heavy atom. The van der Waals surface area contributed by atoms with Gasteiger partial charge in [-0.1, -0.05) is 18.2 Å². The minimum Gasteiger partial charge on any atom is -0.342 e. The van der Waals surface area contributed by atoms with Crippen LogP contribution in [0.4, 0.5) is 0 Å². The summed E-state index contributed by atoms with van der Waals surface area (Å²) >= 11 is 1.65. The summed E-state index contributed by atoms with van der Waals surface area (Å²) in [5, 5.41) is 3.48. The Labute approximate surface area is 125 Å². The first kappa shape index (κ1) is 14.0. The maximum atomic E-state index is 12.3. The van der Waals surface area contributed by atoms with Gasteiger partial charge in [-0.2, -0.15) is 0 Å². The zero-order valence-electron chi connectivity index (χ0n) is 11.8. The van der Waals surface area contributed by atoms with Crippen molar-refractivity contribution < 1.29 is 4.79 Å². The Balaban J connectivity index is 1.50. The first-order valence-corrected chi connectivity index (χ1v) is 8.48. The fourth-order valence-corrected chi connectivity index (χ4v) is 4.04. The molecule has 0 aromatic heterocycles. The largest absolute Gasteiger partial charge is 0.342 e. The number of rotatable bonds is 3. The molecule has 3 rings (SSSR count). The molecule has 0 spiro atoms. The van der Waals surface area contributed by atoms with E-state index in [0.29, 0.717) is 11.7 Å². The number of amides is 1. The van der Waals surface area contributed by atoms with E-state index >= 15 is 0 Å². The van der Waals surface area contributed by atoms with Gasteiger partial charge in [-0.05, 0) is 49.9 Å². The van der Waals surface area contributed by atoms with Crippen LogP contribution >= 0.6 is 11.8 Å². The molecule has 108 valence electrons. The summed E-state index contributed by atoms with van der Waals surface area (Å²) in [5.41, 5.74) is 0. The fraction of sp³-hybridized carbons (Fsp3) is 0.562. The minimum atomic E-state index is 0.298. The molecular formula is C16H22N2OS. The normalized spacial score (nSPS) is 26.1. The van der Waals surface area contributed by atoms with Crippen molar-refractivity contribution in [1.82, 2.24) is 10.2 Å². The third kappa shape index (κ3) is 3.36. The molecule has 1 amide bonds. The monoisotopic (exact) mass is 290 g/mol. The van der Waals surface area contributed by atoms with Crippen molar-refractivity contribution in [2.45, 2.75) is 17.7 Å². The average molecular weight is 290 g/mol. The smallest absolute Gasteiger partial charge is 0.232 e. The molecule has 1 aromatic carbocycles. The number of carbonyl (C=O) groups is 1. The molecule has 2 saturated heterocycles. The van der Waals surface area contributed by atoms with Gasteiger partial charge in [0.05, 0.1) is 5.75 Å². The molecular weight excluding hydrogens is 268 g/mol. The van der Waals surface area contributed by atoms with Crippen molar-refractivity contribution >= 4 is 17.7 Å². The van der Waals surface area contributed by atoms with E-state index in [1.807, 2.05) is 18.2 Å². The van der Waals surface area contributed by atoms with Crippen molar-refractivity contribution in [2.75, 3.05) is 31.9 Å². The summed E-state index contributed by atoms with van der Waals surface area (Å²) in [6.07, 6.45) is 2.33. The average Bonchev–Trinajstić information content (AvgIpc) is 2.84. The van der Waals surface area contributed by atoms with Gasteiger partial charge >= 0.3 is 0 Å². The maximum absolute atomic E-state index is 12.3. The molecule has 2 fully saturated rings.